The Kier molecular flexibility index (Phi) is 3.80. The van der Waals surface area contributed by atoms with Gasteiger partial charge in [0.15, 0.2) is 0 Å². The van der Waals surface area contributed by atoms with E-state index in [1.54, 1.807) is 37.7 Å². The summed E-state index contributed by atoms with van der Waals surface area (Å²) in [5, 5.41) is 4.16. The van der Waals surface area contributed by atoms with E-state index in [9.17, 15) is 12.8 Å². The fourth-order valence-corrected chi connectivity index (χ4v) is 4.53. The van der Waals surface area contributed by atoms with Crippen LogP contribution < -0.4 is 4.72 Å². The van der Waals surface area contributed by atoms with Crippen LogP contribution in [-0.4, -0.2) is 24.7 Å². The number of sulfonamides is 1. The van der Waals surface area contributed by atoms with Gasteiger partial charge in [0.2, 0.25) is 10.0 Å². The van der Waals surface area contributed by atoms with Crippen molar-refractivity contribution in [1.82, 2.24) is 14.5 Å². The highest BCUT2D eigenvalue weighted by atomic mass is 32.2. The number of rotatable bonds is 5. The normalized spacial score (nSPS) is 16.5. The molecule has 0 atom stereocenters. The molecule has 7 heteroatoms. The Morgan fingerprint density at radius 2 is 1.87 bits per heavy atom. The number of hydrogen-bond donors (Lipinski definition) is 1. The van der Waals surface area contributed by atoms with Crippen LogP contribution in [0, 0.1) is 19.7 Å². The number of benzene rings is 1. The van der Waals surface area contributed by atoms with Gasteiger partial charge in [-0.2, -0.15) is 5.10 Å². The monoisotopic (exact) mass is 337 g/mol. The maximum absolute atomic E-state index is 13.1. The maximum atomic E-state index is 13.1. The minimum atomic E-state index is -3.62. The fourth-order valence-electron chi connectivity index (χ4n) is 2.97. The molecular formula is C16H20FN3O2S. The van der Waals surface area contributed by atoms with Gasteiger partial charge < -0.3 is 0 Å². The minimum Gasteiger partial charge on any atom is -0.271 e. The molecular weight excluding hydrogens is 317 g/mol. The quantitative estimate of drug-likeness (QED) is 0.909. The van der Waals surface area contributed by atoms with Crippen molar-refractivity contribution in [3.8, 4) is 0 Å². The molecule has 0 spiro atoms. The van der Waals surface area contributed by atoms with Crippen molar-refractivity contribution in [3.05, 3.63) is 47.0 Å². The third-order valence-corrected chi connectivity index (χ3v) is 6.27. The van der Waals surface area contributed by atoms with Crippen molar-refractivity contribution in [2.75, 3.05) is 6.54 Å². The van der Waals surface area contributed by atoms with Crippen molar-refractivity contribution in [1.29, 1.82) is 0 Å². The molecule has 124 valence electrons. The van der Waals surface area contributed by atoms with Gasteiger partial charge in [0.1, 0.15) is 10.7 Å². The summed E-state index contributed by atoms with van der Waals surface area (Å²) in [7, 11) is -1.89. The van der Waals surface area contributed by atoms with Crippen LogP contribution in [0.2, 0.25) is 0 Å². The Bertz CT molecular complexity index is 837. The Morgan fingerprint density at radius 3 is 2.35 bits per heavy atom. The Labute approximate surface area is 135 Å². The lowest BCUT2D eigenvalue weighted by atomic mass is 9.96. The lowest BCUT2D eigenvalue weighted by Crippen LogP contribution is -2.32. The molecule has 3 rings (SSSR count). The number of nitrogens with one attached hydrogen (secondary N) is 1. The fraction of sp³-hybridized carbons (Fsp3) is 0.438. The highest BCUT2D eigenvalue weighted by Crippen LogP contribution is 2.47. The molecule has 0 aliphatic heterocycles. The van der Waals surface area contributed by atoms with Gasteiger partial charge in [-0.15, -0.1) is 0 Å². The summed E-state index contributed by atoms with van der Waals surface area (Å²) < 4.78 is 42.6. The average molecular weight is 337 g/mol. The molecule has 23 heavy (non-hydrogen) atoms. The largest absolute Gasteiger partial charge is 0.271 e. The smallest absolute Gasteiger partial charge is 0.244 e. The van der Waals surface area contributed by atoms with E-state index >= 15 is 0 Å². The van der Waals surface area contributed by atoms with Crippen LogP contribution in [0.3, 0.4) is 0 Å². The van der Waals surface area contributed by atoms with Gasteiger partial charge in [0.25, 0.3) is 0 Å². The second-order valence-corrected chi connectivity index (χ2v) is 7.94. The van der Waals surface area contributed by atoms with Gasteiger partial charge in [0.05, 0.1) is 11.4 Å². The Hall–Kier alpha value is -1.73. The van der Waals surface area contributed by atoms with Crippen LogP contribution in [0.4, 0.5) is 4.39 Å². The second-order valence-electron chi connectivity index (χ2n) is 6.24. The number of aromatic nitrogens is 2. The maximum Gasteiger partial charge on any atom is 0.244 e. The molecule has 0 bridgehead atoms. The topological polar surface area (TPSA) is 64.0 Å². The van der Waals surface area contributed by atoms with E-state index in [1.165, 1.54) is 12.1 Å². The first kappa shape index (κ1) is 16.1. The number of aryl methyl sites for hydroxylation is 2. The molecule has 1 aromatic heterocycles. The molecule has 1 fully saturated rings. The van der Waals surface area contributed by atoms with E-state index in [4.69, 9.17) is 0 Å². The summed E-state index contributed by atoms with van der Waals surface area (Å²) in [6.07, 6.45) is 1.79. The third-order valence-electron chi connectivity index (χ3n) is 4.62. The van der Waals surface area contributed by atoms with Crippen molar-refractivity contribution in [2.45, 2.75) is 37.0 Å². The van der Waals surface area contributed by atoms with E-state index < -0.39 is 10.0 Å². The zero-order valence-electron chi connectivity index (χ0n) is 13.4. The first-order chi connectivity index (χ1) is 10.8. The van der Waals surface area contributed by atoms with Crippen LogP contribution >= 0.6 is 0 Å². The molecule has 1 heterocycles. The lowest BCUT2D eigenvalue weighted by molar-refractivity contribution is 0.564. The van der Waals surface area contributed by atoms with E-state index in [0.29, 0.717) is 17.9 Å². The van der Waals surface area contributed by atoms with Crippen LogP contribution in [0.5, 0.6) is 0 Å². The number of halogens is 1. The van der Waals surface area contributed by atoms with E-state index in [0.717, 1.165) is 18.4 Å². The predicted molar refractivity (Wildman–Crippen MR) is 85.2 cm³/mol. The van der Waals surface area contributed by atoms with Crippen LogP contribution in [-0.2, 0) is 22.5 Å². The third kappa shape index (κ3) is 2.90. The van der Waals surface area contributed by atoms with Gasteiger partial charge in [-0.05, 0) is 44.4 Å². The molecule has 5 nitrogen and oxygen atoms in total. The highest BCUT2D eigenvalue weighted by Gasteiger charge is 2.45. The molecule has 1 saturated carbocycles. The molecule has 1 N–H and O–H groups in total. The number of nitrogens with zero attached hydrogens (tertiary/aromatic N) is 2. The molecule has 1 aliphatic carbocycles. The van der Waals surface area contributed by atoms with Crippen molar-refractivity contribution < 1.29 is 12.8 Å². The van der Waals surface area contributed by atoms with Crippen molar-refractivity contribution >= 4 is 10.0 Å². The lowest BCUT2D eigenvalue weighted by Gasteiger charge is -2.17. The summed E-state index contributed by atoms with van der Waals surface area (Å²) in [6, 6.07) is 6.30. The van der Waals surface area contributed by atoms with Gasteiger partial charge in [0, 0.05) is 19.0 Å². The molecule has 1 aromatic carbocycles. The van der Waals surface area contributed by atoms with Crippen LogP contribution in [0.15, 0.2) is 29.2 Å². The number of hydrogen-bond acceptors (Lipinski definition) is 3. The molecule has 1 aliphatic rings. The van der Waals surface area contributed by atoms with Gasteiger partial charge in [-0.3, -0.25) is 4.68 Å². The predicted octanol–water partition coefficient (Wildman–Crippen LogP) is 2.19. The molecule has 2 aromatic rings. The molecule has 0 amide bonds. The van der Waals surface area contributed by atoms with Crippen molar-refractivity contribution in [3.63, 3.8) is 0 Å². The zero-order chi connectivity index (χ0) is 16.8. The first-order valence-electron chi connectivity index (χ1n) is 7.51. The van der Waals surface area contributed by atoms with Crippen molar-refractivity contribution in [2.24, 2.45) is 7.05 Å². The second kappa shape index (κ2) is 5.42. The highest BCUT2D eigenvalue weighted by molar-refractivity contribution is 7.89. The molecule has 0 radical (unpaired) electrons. The van der Waals surface area contributed by atoms with Gasteiger partial charge in [-0.1, -0.05) is 12.1 Å². The van der Waals surface area contributed by atoms with Crippen LogP contribution in [0.25, 0.3) is 0 Å². The Balaban J connectivity index is 1.81. The molecule has 0 unspecified atom stereocenters. The summed E-state index contributed by atoms with van der Waals surface area (Å²) in [5.41, 5.74) is 1.86. The van der Waals surface area contributed by atoms with E-state index in [-0.39, 0.29) is 16.1 Å². The molecule has 0 saturated heterocycles. The van der Waals surface area contributed by atoms with Gasteiger partial charge >= 0.3 is 0 Å². The first-order valence-corrected chi connectivity index (χ1v) is 8.99. The average Bonchev–Trinajstić information content (AvgIpc) is 3.21. The van der Waals surface area contributed by atoms with Gasteiger partial charge in [-0.25, -0.2) is 17.5 Å². The van der Waals surface area contributed by atoms with Crippen LogP contribution in [0.1, 0.15) is 29.8 Å². The summed E-state index contributed by atoms with van der Waals surface area (Å²) in [4.78, 5) is 0.245. The summed E-state index contributed by atoms with van der Waals surface area (Å²) in [5.74, 6) is -0.285. The van der Waals surface area contributed by atoms with E-state index in [1.807, 2.05) is 0 Å². The van der Waals surface area contributed by atoms with E-state index in [2.05, 4.69) is 9.82 Å². The standard InChI is InChI=1S/C16H20FN3O2S/c1-11-15(12(2)20(3)19-11)23(21,22)18-10-16(8-9-16)13-4-6-14(17)7-5-13/h4-7,18H,8-10H2,1-3H3. The Morgan fingerprint density at radius 1 is 1.26 bits per heavy atom. The minimum absolute atomic E-state index is 0.217. The summed E-state index contributed by atoms with van der Waals surface area (Å²) >= 11 is 0. The SMILES string of the molecule is Cc1nn(C)c(C)c1S(=O)(=O)NCC1(c2ccc(F)cc2)CC1. The zero-order valence-corrected chi connectivity index (χ0v) is 14.2. The summed E-state index contributed by atoms with van der Waals surface area (Å²) in [6.45, 7) is 3.74.